The highest BCUT2D eigenvalue weighted by Crippen LogP contribution is 2.24. The summed E-state index contributed by atoms with van der Waals surface area (Å²) < 4.78 is 0. The lowest BCUT2D eigenvalue weighted by Gasteiger charge is -2.31. The number of nitrogens with one attached hydrogen (secondary N) is 1. The highest BCUT2D eigenvalue weighted by atomic mass is 16.2. The van der Waals surface area contributed by atoms with Crippen molar-refractivity contribution in [2.24, 2.45) is 5.92 Å². The van der Waals surface area contributed by atoms with Crippen molar-refractivity contribution in [1.82, 2.24) is 10.2 Å². The van der Waals surface area contributed by atoms with E-state index in [-0.39, 0.29) is 11.9 Å². The Balaban J connectivity index is 2.48. The van der Waals surface area contributed by atoms with Gasteiger partial charge in [0.2, 0.25) is 5.91 Å². The molecule has 1 amide bonds. The maximum absolute atomic E-state index is 12.1. The fraction of sp³-hybridized carbons (Fsp3) is 0.867. The van der Waals surface area contributed by atoms with Crippen LogP contribution in [0, 0.1) is 17.2 Å². The summed E-state index contributed by atoms with van der Waals surface area (Å²) in [7, 11) is 0. The molecule has 0 radical (unpaired) electrons. The predicted molar refractivity (Wildman–Crippen MR) is 76.5 cm³/mol. The van der Waals surface area contributed by atoms with Crippen LogP contribution in [0.25, 0.3) is 0 Å². The van der Waals surface area contributed by atoms with Gasteiger partial charge in [-0.3, -0.25) is 9.69 Å². The van der Waals surface area contributed by atoms with Crippen LogP contribution in [0.1, 0.15) is 52.9 Å². The SMILES string of the molecule is CC(C)CCNC(=O)C(C)N(CC#N)C1CCCC1. The lowest BCUT2D eigenvalue weighted by atomic mass is 10.1. The Morgan fingerprint density at radius 1 is 1.37 bits per heavy atom. The Bertz CT molecular complexity index is 316. The van der Waals surface area contributed by atoms with Gasteiger partial charge in [0.15, 0.2) is 0 Å². The third-order valence-corrected chi connectivity index (χ3v) is 3.94. The molecule has 0 saturated heterocycles. The van der Waals surface area contributed by atoms with Crippen molar-refractivity contribution in [2.45, 2.75) is 65.0 Å². The Hall–Kier alpha value is -1.08. The number of hydrogen-bond acceptors (Lipinski definition) is 3. The molecule has 1 rings (SSSR count). The van der Waals surface area contributed by atoms with Crippen molar-refractivity contribution in [2.75, 3.05) is 13.1 Å². The molecule has 0 aromatic rings. The molecule has 1 fully saturated rings. The average molecular weight is 265 g/mol. The Kier molecular flexibility index (Phi) is 6.86. The Labute approximate surface area is 117 Å². The van der Waals surface area contributed by atoms with Gasteiger partial charge in [0.05, 0.1) is 18.7 Å². The van der Waals surface area contributed by atoms with Gasteiger partial charge in [0.1, 0.15) is 0 Å². The first-order valence-electron chi connectivity index (χ1n) is 7.46. The highest BCUT2D eigenvalue weighted by Gasteiger charge is 2.29. The molecule has 0 heterocycles. The van der Waals surface area contributed by atoms with Crippen LogP contribution in [0.3, 0.4) is 0 Å². The third-order valence-electron chi connectivity index (χ3n) is 3.94. The first-order chi connectivity index (χ1) is 9.06. The first-order valence-corrected chi connectivity index (χ1v) is 7.46. The predicted octanol–water partition coefficient (Wildman–Crippen LogP) is 2.31. The van der Waals surface area contributed by atoms with Crippen LogP contribution >= 0.6 is 0 Å². The lowest BCUT2D eigenvalue weighted by molar-refractivity contribution is -0.126. The maximum Gasteiger partial charge on any atom is 0.237 e. The van der Waals surface area contributed by atoms with Gasteiger partial charge in [-0.15, -0.1) is 0 Å². The Morgan fingerprint density at radius 3 is 2.53 bits per heavy atom. The van der Waals surface area contributed by atoms with Gasteiger partial charge in [-0.2, -0.15) is 5.26 Å². The topological polar surface area (TPSA) is 56.1 Å². The first kappa shape index (κ1) is 16.0. The zero-order valence-electron chi connectivity index (χ0n) is 12.5. The van der Waals surface area contributed by atoms with Crippen LogP contribution in [0.2, 0.25) is 0 Å². The summed E-state index contributed by atoms with van der Waals surface area (Å²) in [6.07, 6.45) is 5.67. The van der Waals surface area contributed by atoms with Crippen molar-refractivity contribution < 1.29 is 4.79 Å². The molecule has 0 spiro atoms. The molecule has 1 N–H and O–H groups in total. The van der Waals surface area contributed by atoms with E-state index < -0.39 is 0 Å². The monoisotopic (exact) mass is 265 g/mol. The fourth-order valence-corrected chi connectivity index (χ4v) is 2.68. The van der Waals surface area contributed by atoms with Crippen LogP contribution in [-0.4, -0.2) is 36.0 Å². The molecule has 0 aromatic carbocycles. The quantitative estimate of drug-likeness (QED) is 0.719. The molecule has 1 aliphatic carbocycles. The second kappa shape index (κ2) is 8.16. The average Bonchev–Trinajstić information content (AvgIpc) is 2.88. The standard InChI is InChI=1S/C15H27N3O/c1-12(2)8-10-17-15(19)13(3)18(11-9-16)14-6-4-5-7-14/h12-14H,4-8,10-11H2,1-3H3,(H,17,19). The molecule has 4 nitrogen and oxygen atoms in total. The second-order valence-corrected chi connectivity index (χ2v) is 5.92. The van der Waals surface area contributed by atoms with E-state index in [1.165, 1.54) is 12.8 Å². The van der Waals surface area contributed by atoms with Gasteiger partial charge < -0.3 is 5.32 Å². The molecule has 108 valence electrons. The summed E-state index contributed by atoms with van der Waals surface area (Å²) in [6.45, 7) is 7.29. The molecule has 0 bridgehead atoms. The van der Waals surface area contributed by atoms with Crippen molar-refractivity contribution in [3.8, 4) is 6.07 Å². The summed E-state index contributed by atoms with van der Waals surface area (Å²) in [4.78, 5) is 14.2. The van der Waals surface area contributed by atoms with E-state index >= 15 is 0 Å². The van der Waals surface area contributed by atoms with E-state index in [0.29, 0.717) is 18.5 Å². The van der Waals surface area contributed by atoms with Crippen LogP contribution in [0.4, 0.5) is 0 Å². The van der Waals surface area contributed by atoms with Gasteiger partial charge in [0, 0.05) is 12.6 Å². The van der Waals surface area contributed by atoms with E-state index in [4.69, 9.17) is 5.26 Å². The van der Waals surface area contributed by atoms with Gasteiger partial charge in [-0.05, 0) is 32.1 Å². The fourth-order valence-electron chi connectivity index (χ4n) is 2.68. The normalized spacial score (nSPS) is 17.7. The molecule has 19 heavy (non-hydrogen) atoms. The molecular formula is C15H27N3O. The highest BCUT2D eigenvalue weighted by molar-refractivity contribution is 5.81. The molecule has 1 saturated carbocycles. The maximum atomic E-state index is 12.1. The molecular weight excluding hydrogens is 238 g/mol. The molecule has 1 aliphatic rings. The number of hydrogen-bond donors (Lipinski definition) is 1. The molecule has 4 heteroatoms. The summed E-state index contributed by atoms with van der Waals surface area (Å²) in [5, 5.41) is 11.9. The minimum atomic E-state index is -0.199. The van der Waals surface area contributed by atoms with Crippen molar-refractivity contribution in [3.05, 3.63) is 0 Å². The summed E-state index contributed by atoms with van der Waals surface area (Å²) in [5.41, 5.74) is 0. The van der Waals surface area contributed by atoms with E-state index in [0.717, 1.165) is 25.8 Å². The Morgan fingerprint density at radius 2 is 2.00 bits per heavy atom. The van der Waals surface area contributed by atoms with E-state index in [1.807, 2.05) is 6.92 Å². The van der Waals surface area contributed by atoms with Gasteiger partial charge >= 0.3 is 0 Å². The van der Waals surface area contributed by atoms with E-state index in [2.05, 4.69) is 30.1 Å². The smallest absolute Gasteiger partial charge is 0.237 e. The third kappa shape index (κ3) is 5.20. The molecule has 1 unspecified atom stereocenters. The van der Waals surface area contributed by atoms with Crippen LogP contribution < -0.4 is 5.32 Å². The van der Waals surface area contributed by atoms with Gasteiger partial charge in [0.25, 0.3) is 0 Å². The van der Waals surface area contributed by atoms with Crippen LogP contribution in [-0.2, 0) is 4.79 Å². The zero-order chi connectivity index (χ0) is 14.3. The lowest BCUT2D eigenvalue weighted by Crippen LogP contribution is -2.49. The largest absolute Gasteiger partial charge is 0.355 e. The minimum Gasteiger partial charge on any atom is -0.355 e. The van der Waals surface area contributed by atoms with Crippen molar-refractivity contribution >= 4 is 5.91 Å². The van der Waals surface area contributed by atoms with Crippen molar-refractivity contribution in [3.63, 3.8) is 0 Å². The minimum absolute atomic E-state index is 0.0581. The van der Waals surface area contributed by atoms with Gasteiger partial charge in [-0.25, -0.2) is 0 Å². The second-order valence-electron chi connectivity index (χ2n) is 5.92. The van der Waals surface area contributed by atoms with Crippen LogP contribution in [0.5, 0.6) is 0 Å². The number of rotatable bonds is 7. The summed E-state index contributed by atoms with van der Waals surface area (Å²) in [5.74, 6) is 0.656. The van der Waals surface area contributed by atoms with E-state index in [1.54, 1.807) is 0 Å². The number of carbonyl (C=O) groups excluding carboxylic acids is 1. The molecule has 1 atom stereocenters. The summed E-state index contributed by atoms with van der Waals surface area (Å²) >= 11 is 0. The van der Waals surface area contributed by atoms with Crippen molar-refractivity contribution in [1.29, 1.82) is 5.26 Å². The molecule has 0 aliphatic heterocycles. The molecule has 0 aromatic heterocycles. The number of carbonyl (C=O) groups is 1. The van der Waals surface area contributed by atoms with Gasteiger partial charge in [-0.1, -0.05) is 26.7 Å². The number of nitriles is 1. The van der Waals surface area contributed by atoms with E-state index in [9.17, 15) is 4.79 Å². The summed E-state index contributed by atoms with van der Waals surface area (Å²) in [6, 6.07) is 2.41. The number of amides is 1. The van der Waals surface area contributed by atoms with Crippen LogP contribution in [0.15, 0.2) is 0 Å². The zero-order valence-corrected chi connectivity index (χ0v) is 12.5. The number of nitrogens with zero attached hydrogens (tertiary/aromatic N) is 2.